The number of rotatable bonds is 13. The molecule has 0 fully saturated rings. The molecule has 204 valence electrons. The van der Waals surface area contributed by atoms with Crippen LogP contribution in [-0.2, 0) is 24.2 Å². The monoisotopic (exact) mass is 530 g/mol. The largest absolute Gasteiger partial charge is 0.573 e. The highest BCUT2D eigenvalue weighted by atomic mass is 19.4. The van der Waals surface area contributed by atoms with Crippen molar-refractivity contribution >= 4 is 11.8 Å². The quantitative estimate of drug-likeness (QED) is 0.262. The van der Waals surface area contributed by atoms with Crippen LogP contribution in [-0.4, -0.2) is 34.6 Å². The molecule has 1 heterocycles. The molecule has 0 atom stereocenters. The molecule has 9 heteroatoms. The number of aromatic nitrogens is 1. The van der Waals surface area contributed by atoms with Crippen LogP contribution >= 0.6 is 0 Å². The smallest absolute Gasteiger partial charge is 0.478 e. The van der Waals surface area contributed by atoms with Crippen LogP contribution in [0.15, 0.2) is 66.9 Å². The van der Waals surface area contributed by atoms with E-state index in [1.165, 1.54) is 26.0 Å². The minimum Gasteiger partial charge on any atom is -0.478 e. The summed E-state index contributed by atoms with van der Waals surface area (Å²) in [5.41, 5.74) is 1.65. The zero-order chi connectivity index (χ0) is 27.8. The highest BCUT2D eigenvalue weighted by molar-refractivity contribution is 5.76. The molecular weight excluding hydrogens is 497 g/mol. The molecule has 0 bridgehead atoms. The lowest BCUT2D eigenvalue weighted by atomic mass is 10.1. The van der Waals surface area contributed by atoms with Gasteiger partial charge in [0.05, 0.1) is 0 Å². The predicted octanol–water partition coefficient (Wildman–Crippen LogP) is 6.81. The number of hydrogen-bond donors (Lipinski definition) is 1. The number of ether oxygens (including phenoxy) is 2. The first-order chi connectivity index (χ1) is 17.9. The van der Waals surface area contributed by atoms with Gasteiger partial charge in [0.15, 0.2) is 5.60 Å². The summed E-state index contributed by atoms with van der Waals surface area (Å²) in [5, 5.41) is 9.26. The van der Waals surface area contributed by atoms with Crippen LogP contribution in [0.2, 0.25) is 0 Å². The van der Waals surface area contributed by atoms with E-state index in [0.29, 0.717) is 25.3 Å². The maximum absolute atomic E-state index is 12.5. The van der Waals surface area contributed by atoms with Gasteiger partial charge in [-0.2, -0.15) is 0 Å². The topological polar surface area (TPSA) is 71.9 Å². The first-order valence-electron chi connectivity index (χ1n) is 12.5. The fourth-order valence-corrected chi connectivity index (χ4v) is 3.75. The van der Waals surface area contributed by atoms with Crippen LogP contribution in [0.3, 0.4) is 0 Å². The number of pyridine rings is 1. The molecule has 2 aromatic carbocycles. The van der Waals surface area contributed by atoms with Gasteiger partial charge in [0.25, 0.3) is 0 Å². The van der Waals surface area contributed by atoms with Crippen molar-refractivity contribution in [1.29, 1.82) is 0 Å². The van der Waals surface area contributed by atoms with Gasteiger partial charge in [-0.05, 0) is 80.1 Å². The molecule has 3 rings (SSSR count). The van der Waals surface area contributed by atoms with Gasteiger partial charge in [-0.3, -0.25) is 0 Å². The van der Waals surface area contributed by atoms with Crippen LogP contribution < -0.4 is 14.4 Å². The number of carboxylic acid groups (broad SMARTS) is 1. The molecule has 6 nitrogen and oxygen atoms in total. The van der Waals surface area contributed by atoms with E-state index >= 15 is 0 Å². The molecule has 0 saturated carbocycles. The standard InChI is InChI=1S/C29H33F3N2O4/c1-4-5-6-22-11-16-26(33-19-22)34(20-23-9-14-25(15-10-23)38-29(30,31)32)18-17-21-7-12-24(13-8-21)37-28(2,3)27(35)36/h7-16,19H,4-6,17-18,20H2,1-3H3,(H,35,36). The molecule has 0 amide bonds. The van der Waals surface area contributed by atoms with Crippen molar-refractivity contribution in [3.8, 4) is 11.5 Å². The Morgan fingerprint density at radius 2 is 1.45 bits per heavy atom. The maximum atomic E-state index is 12.5. The molecule has 0 unspecified atom stereocenters. The summed E-state index contributed by atoms with van der Waals surface area (Å²) in [5.74, 6) is -0.0875. The van der Waals surface area contributed by atoms with Gasteiger partial charge in [-0.1, -0.05) is 43.7 Å². The van der Waals surface area contributed by atoms with E-state index in [4.69, 9.17) is 4.74 Å². The van der Waals surface area contributed by atoms with Gasteiger partial charge in [-0.15, -0.1) is 13.2 Å². The van der Waals surface area contributed by atoms with Crippen molar-refractivity contribution in [1.82, 2.24) is 4.98 Å². The Hall–Kier alpha value is -3.75. The lowest BCUT2D eigenvalue weighted by Crippen LogP contribution is -2.37. The van der Waals surface area contributed by atoms with E-state index < -0.39 is 17.9 Å². The van der Waals surface area contributed by atoms with Crippen molar-refractivity contribution < 1.29 is 32.5 Å². The average molecular weight is 531 g/mol. The number of hydrogen-bond acceptors (Lipinski definition) is 5. The van der Waals surface area contributed by atoms with Crippen LogP contribution in [0.25, 0.3) is 0 Å². The van der Waals surface area contributed by atoms with Crippen LogP contribution in [0.4, 0.5) is 19.0 Å². The summed E-state index contributed by atoms with van der Waals surface area (Å²) in [6, 6.07) is 17.1. The number of alkyl halides is 3. The normalized spacial score (nSPS) is 11.7. The summed E-state index contributed by atoms with van der Waals surface area (Å²) in [6.45, 7) is 6.16. The van der Waals surface area contributed by atoms with Crippen molar-refractivity contribution in [2.45, 2.75) is 65.0 Å². The zero-order valence-electron chi connectivity index (χ0n) is 21.8. The summed E-state index contributed by atoms with van der Waals surface area (Å²) in [6.07, 6.45) is 0.935. The molecule has 3 aromatic rings. The van der Waals surface area contributed by atoms with Crippen LogP contribution in [0, 0.1) is 0 Å². The third-order valence-electron chi connectivity index (χ3n) is 5.96. The van der Waals surface area contributed by atoms with E-state index in [1.807, 2.05) is 24.4 Å². The summed E-state index contributed by atoms with van der Waals surface area (Å²) in [7, 11) is 0. The molecule has 0 aliphatic carbocycles. The Morgan fingerprint density at radius 1 is 0.868 bits per heavy atom. The molecule has 0 radical (unpaired) electrons. The maximum Gasteiger partial charge on any atom is 0.573 e. The first-order valence-corrected chi connectivity index (χ1v) is 12.5. The Kier molecular flexibility index (Phi) is 9.61. The second-order valence-corrected chi connectivity index (χ2v) is 9.55. The van der Waals surface area contributed by atoms with Gasteiger partial charge in [0.2, 0.25) is 0 Å². The van der Waals surface area contributed by atoms with Gasteiger partial charge in [0.1, 0.15) is 17.3 Å². The highest BCUT2D eigenvalue weighted by Crippen LogP contribution is 2.25. The second-order valence-electron chi connectivity index (χ2n) is 9.55. The number of carboxylic acids is 1. The number of carbonyl (C=O) groups is 1. The van der Waals surface area contributed by atoms with Crippen molar-refractivity contribution in [3.05, 3.63) is 83.6 Å². The number of anilines is 1. The van der Waals surface area contributed by atoms with E-state index in [2.05, 4.69) is 27.6 Å². The molecule has 0 saturated heterocycles. The molecule has 1 aromatic heterocycles. The highest BCUT2D eigenvalue weighted by Gasteiger charge is 2.31. The molecule has 1 N–H and O–H groups in total. The van der Waals surface area contributed by atoms with Crippen molar-refractivity contribution in [3.63, 3.8) is 0 Å². The van der Waals surface area contributed by atoms with E-state index in [1.54, 1.807) is 24.3 Å². The number of unbranched alkanes of at least 4 members (excludes halogenated alkanes) is 1. The first kappa shape index (κ1) is 28.8. The summed E-state index contributed by atoms with van der Waals surface area (Å²) in [4.78, 5) is 18.0. The lowest BCUT2D eigenvalue weighted by molar-refractivity contribution is -0.274. The zero-order valence-corrected chi connectivity index (χ0v) is 21.8. The van der Waals surface area contributed by atoms with Gasteiger partial charge in [0, 0.05) is 19.3 Å². The van der Waals surface area contributed by atoms with Crippen molar-refractivity contribution in [2.24, 2.45) is 0 Å². The van der Waals surface area contributed by atoms with Crippen molar-refractivity contribution in [2.75, 3.05) is 11.4 Å². The van der Waals surface area contributed by atoms with Gasteiger partial charge >= 0.3 is 12.3 Å². The fraction of sp³-hybridized carbons (Fsp3) is 0.379. The number of benzene rings is 2. The van der Waals surface area contributed by atoms with E-state index in [-0.39, 0.29) is 5.75 Å². The Labute approximate surface area is 221 Å². The SMILES string of the molecule is CCCCc1ccc(N(CCc2ccc(OC(C)(C)C(=O)O)cc2)Cc2ccc(OC(F)(F)F)cc2)nc1. The third kappa shape index (κ3) is 8.97. The number of aliphatic carboxylic acids is 1. The Balaban J connectivity index is 1.73. The fourth-order valence-electron chi connectivity index (χ4n) is 3.75. The Morgan fingerprint density at radius 3 is 1.97 bits per heavy atom. The van der Waals surface area contributed by atoms with Gasteiger partial charge < -0.3 is 19.5 Å². The minimum absolute atomic E-state index is 0.264. The number of nitrogens with zero attached hydrogens (tertiary/aromatic N) is 2. The molecule has 38 heavy (non-hydrogen) atoms. The van der Waals surface area contributed by atoms with Gasteiger partial charge in [-0.25, -0.2) is 9.78 Å². The Bertz CT molecular complexity index is 1160. The van der Waals surface area contributed by atoms with E-state index in [0.717, 1.165) is 41.8 Å². The minimum atomic E-state index is -4.74. The third-order valence-corrected chi connectivity index (χ3v) is 5.96. The van der Waals surface area contributed by atoms with E-state index in [9.17, 15) is 23.1 Å². The molecule has 0 spiro atoms. The molecule has 0 aliphatic heterocycles. The number of aryl methyl sites for hydroxylation is 1. The second kappa shape index (κ2) is 12.7. The predicted molar refractivity (Wildman–Crippen MR) is 140 cm³/mol. The van der Waals surface area contributed by atoms with Crippen LogP contribution in [0.5, 0.6) is 11.5 Å². The summed E-state index contributed by atoms with van der Waals surface area (Å²) >= 11 is 0. The lowest BCUT2D eigenvalue weighted by Gasteiger charge is -2.25. The van der Waals surface area contributed by atoms with Crippen LogP contribution in [0.1, 0.15) is 50.3 Å². The molecular formula is C29H33F3N2O4. The number of halogens is 3. The average Bonchev–Trinajstić information content (AvgIpc) is 2.86. The summed E-state index contributed by atoms with van der Waals surface area (Å²) < 4.78 is 47.1. The molecule has 0 aliphatic rings.